The molecule has 1 N–H and O–H groups in total. The lowest BCUT2D eigenvalue weighted by Gasteiger charge is -2.09. The van der Waals surface area contributed by atoms with Crippen LogP contribution in [0.1, 0.15) is 62.7 Å². The highest BCUT2D eigenvalue weighted by Crippen LogP contribution is 2.11. The zero-order chi connectivity index (χ0) is 16.2. The number of carbonyl (C=O) groups excluding carboxylic acids is 1. The fraction of sp³-hybridized carbons (Fsp3) is 0.526. The molecule has 0 aliphatic rings. The molecule has 0 aliphatic heterocycles. The first-order valence-corrected chi connectivity index (χ1v) is 8.10. The van der Waals surface area contributed by atoms with Gasteiger partial charge in [0, 0.05) is 12.1 Å². The lowest BCUT2D eigenvalue weighted by atomic mass is 10.1. The third-order valence-electron chi connectivity index (χ3n) is 3.41. The monoisotopic (exact) mass is 301 g/mol. The fourth-order valence-electron chi connectivity index (χ4n) is 2.15. The van der Waals surface area contributed by atoms with E-state index in [1.165, 1.54) is 39.2 Å². The zero-order valence-corrected chi connectivity index (χ0v) is 13.9. The first-order valence-electron chi connectivity index (χ1n) is 8.10. The molecule has 1 aromatic carbocycles. The number of ether oxygens (including phenoxy) is 1. The number of carbonyl (C=O) groups is 1. The van der Waals surface area contributed by atoms with Crippen molar-refractivity contribution in [3.8, 4) is 11.8 Å². The largest absolute Gasteiger partial charge is 0.465 e. The number of rotatable bonds is 8. The summed E-state index contributed by atoms with van der Waals surface area (Å²) in [4.78, 5) is 11.4. The molecule has 3 nitrogen and oxygen atoms in total. The van der Waals surface area contributed by atoms with Gasteiger partial charge < -0.3 is 10.1 Å². The van der Waals surface area contributed by atoms with E-state index in [9.17, 15) is 4.79 Å². The van der Waals surface area contributed by atoms with Gasteiger partial charge in [-0.25, -0.2) is 4.79 Å². The van der Waals surface area contributed by atoms with Crippen LogP contribution in [0.3, 0.4) is 0 Å². The van der Waals surface area contributed by atoms with Crippen molar-refractivity contribution in [3.05, 3.63) is 29.8 Å². The summed E-state index contributed by atoms with van der Waals surface area (Å²) in [7, 11) is 1.38. The Labute approximate surface area is 134 Å². The summed E-state index contributed by atoms with van der Waals surface area (Å²) in [5.41, 5.74) is 1.51. The summed E-state index contributed by atoms with van der Waals surface area (Å²) in [6, 6.07) is 7.34. The fourth-order valence-corrected chi connectivity index (χ4v) is 2.15. The predicted molar refractivity (Wildman–Crippen MR) is 92.0 cm³/mol. The van der Waals surface area contributed by atoms with E-state index in [2.05, 4.69) is 28.8 Å². The van der Waals surface area contributed by atoms with Crippen LogP contribution in [0.15, 0.2) is 24.3 Å². The highest BCUT2D eigenvalue weighted by Gasteiger charge is 2.04. The Balaban J connectivity index is 2.33. The normalized spacial score (nSPS) is 11.2. The second kappa shape index (κ2) is 10.7. The van der Waals surface area contributed by atoms with Crippen molar-refractivity contribution in [2.45, 2.75) is 58.4 Å². The van der Waals surface area contributed by atoms with Crippen molar-refractivity contribution in [1.82, 2.24) is 0 Å². The molecule has 1 unspecified atom stereocenters. The van der Waals surface area contributed by atoms with E-state index in [1.54, 1.807) is 12.1 Å². The van der Waals surface area contributed by atoms with Crippen LogP contribution >= 0.6 is 0 Å². The maximum Gasteiger partial charge on any atom is 0.337 e. The summed E-state index contributed by atoms with van der Waals surface area (Å²) >= 11 is 0. The topological polar surface area (TPSA) is 38.3 Å². The molecule has 3 heteroatoms. The maximum absolute atomic E-state index is 11.4. The zero-order valence-electron chi connectivity index (χ0n) is 13.9. The third kappa shape index (κ3) is 7.17. The minimum Gasteiger partial charge on any atom is -0.465 e. The van der Waals surface area contributed by atoms with E-state index >= 15 is 0 Å². The number of hydrogen-bond donors (Lipinski definition) is 1. The first-order chi connectivity index (χ1) is 10.7. The summed E-state index contributed by atoms with van der Waals surface area (Å²) in [6.45, 7) is 4.27. The van der Waals surface area contributed by atoms with Gasteiger partial charge in [0.1, 0.15) is 0 Å². The number of methoxy groups -OCH3 is 1. The van der Waals surface area contributed by atoms with Crippen LogP contribution in [0.5, 0.6) is 0 Å². The van der Waals surface area contributed by atoms with Gasteiger partial charge in [-0.1, -0.05) is 38.5 Å². The average molecular weight is 301 g/mol. The molecule has 1 rings (SSSR count). The quantitative estimate of drug-likeness (QED) is 0.432. The maximum atomic E-state index is 11.4. The highest BCUT2D eigenvalue weighted by atomic mass is 16.5. The molecule has 0 saturated carbocycles. The van der Waals surface area contributed by atoms with Gasteiger partial charge in [0.25, 0.3) is 0 Å². The Bertz CT molecular complexity index is 496. The molecule has 0 saturated heterocycles. The lowest BCUT2D eigenvalue weighted by Crippen LogP contribution is -2.12. The molecule has 0 bridgehead atoms. The smallest absolute Gasteiger partial charge is 0.337 e. The highest BCUT2D eigenvalue weighted by molar-refractivity contribution is 5.89. The van der Waals surface area contributed by atoms with E-state index in [4.69, 9.17) is 0 Å². The van der Waals surface area contributed by atoms with Crippen molar-refractivity contribution in [1.29, 1.82) is 0 Å². The molecular formula is C19H27NO2. The van der Waals surface area contributed by atoms with E-state index in [-0.39, 0.29) is 12.0 Å². The van der Waals surface area contributed by atoms with Crippen LogP contribution in [0, 0.1) is 11.8 Å². The molecular weight excluding hydrogens is 274 g/mol. The number of nitrogens with one attached hydrogen (secondary N) is 1. The second-order valence-electron chi connectivity index (χ2n) is 5.42. The second-order valence-corrected chi connectivity index (χ2v) is 5.42. The standard InChI is InChI=1S/C19H27NO2/c1-4-5-6-7-8-9-10-11-16(2)20-18-14-12-17(13-15-18)19(21)22-3/h12-16,20H,4-9H2,1-3H3. The molecule has 0 spiro atoms. The Kier molecular flexibility index (Phi) is 8.83. The predicted octanol–water partition coefficient (Wildman–Crippen LogP) is 4.64. The molecule has 1 atom stereocenters. The van der Waals surface area contributed by atoms with Crippen LogP contribution < -0.4 is 5.32 Å². The van der Waals surface area contributed by atoms with Crippen LogP contribution in [-0.4, -0.2) is 19.1 Å². The molecule has 120 valence electrons. The van der Waals surface area contributed by atoms with Crippen molar-refractivity contribution in [2.24, 2.45) is 0 Å². The van der Waals surface area contributed by atoms with Gasteiger partial charge in [-0.15, -0.1) is 5.92 Å². The van der Waals surface area contributed by atoms with E-state index in [0.717, 1.165) is 12.1 Å². The molecule has 0 amide bonds. The third-order valence-corrected chi connectivity index (χ3v) is 3.41. The van der Waals surface area contributed by atoms with E-state index in [1.807, 2.05) is 19.1 Å². The first kappa shape index (κ1) is 18.1. The molecule has 0 aliphatic carbocycles. The summed E-state index contributed by atoms with van der Waals surface area (Å²) < 4.78 is 4.68. The molecule has 0 fully saturated rings. The average Bonchev–Trinajstić information content (AvgIpc) is 2.54. The molecule has 22 heavy (non-hydrogen) atoms. The van der Waals surface area contributed by atoms with E-state index < -0.39 is 0 Å². The number of benzene rings is 1. The van der Waals surface area contributed by atoms with Gasteiger partial charge in [0.2, 0.25) is 0 Å². The van der Waals surface area contributed by atoms with Gasteiger partial charge in [-0.05, 0) is 37.6 Å². The number of esters is 1. The van der Waals surface area contributed by atoms with Gasteiger partial charge in [0.15, 0.2) is 0 Å². The van der Waals surface area contributed by atoms with Gasteiger partial charge in [-0.3, -0.25) is 0 Å². The van der Waals surface area contributed by atoms with Gasteiger partial charge in [-0.2, -0.15) is 0 Å². The number of unbranched alkanes of at least 4 members (excludes halogenated alkanes) is 5. The molecule has 0 heterocycles. The molecule has 0 aromatic heterocycles. The lowest BCUT2D eigenvalue weighted by molar-refractivity contribution is 0.0601. The van der Waals surface area contributed by atoms with Crippen molar-refractivity contribution in [3.63, 3.8) is 0 Å². The van der Waals surface area contributed by atoms with Crippen LogP contribution in [0.25, 0.3) is 0 Å². The van der Waals surface area contributed by atoms with Crippen molar-refractivity contribution >= 4 is 11.7 Å². The van der Waals surface area contributed by atoms with E-state index in [0.29, 0.717) is 5.56 Å². The molecule has 1 aromatic rings. The summed E-state index contributed by atoms with van der Waals surface area (Å²) in [6.07, 6.45) is 7.36. The Morgan fingerprint density at radius 3 is 2.50 bits per heavy atom. The van der Waals surface area contributed by atoms with Crippen LogP contribution in [-0.2, 0) is 4.74 Å². The van der Waals surface area contributed by atoms with Gasteiger partial charge in [0.05, 0.1) is 18.7 Å². The Hall–Kier alpha value is -1.95. The minimum absolute atomic E-state index is 0.0969. The number of hydrogen-bond acceptors (Lipinski definition) is 3. The molecule has 0 radical (unpaired) electrons. The Morgan fingerprint density at radius 1 is 1.18 bits per heavy atom. The SMILES string of the molecule is CCCCCCCC#CC(C)Nc1ccc(C(=O)OC)cc1. The summed E-state index contributed by atoms with van der Waals surface area (Å²) in [5.74, 6) is 6.14. The Morgan fingerprint density at radius 2 is 1.86 bits per heavy atom. The van der Waals surface area contributed by atoms with Crippen molar-refractivity contribution < 1.29 is 9.53 Å². The van der Waals surface area contributed by atoms with Crippen LogP contribution in [0.4, 0.5) is 5.69 Å². The number of anilines is 1. The van der Waals surface area contributed by atoms with Crippen LogP contribution in [0.2, 0.25) is 0 Å². The van der Waals surface area contributed by atoms with Gasteiger partial charge >= 0.3 is 5.97 Å². The summed E-state index contributed by atoms with van der Waals surface area (Å²) in [5, 5.41) is 3.31. The minimum atomic E-state index is -0.317. The van der Waals surface area contributed by atoms with Crippen molar-refractivity contribution in [2.75, 3.05) is 12.4 Å².